The van der Waals surface area contributed by atoms with Gasteiger partial charge < -0.3 is 5.11 Å². The molecule has 0 atom stereocenters. The Kier molecular flexibility index (Phi) is 3.41. The first kappa shape index (κ1) is 14.3. The van der Waals surface area contributed by atoms with Gasteiger partial charge in [-0.25, -0.2) is 4.79 Å². The number of carbonyl (C=O) groups is 1. The van der Waals surface area contributed by atoms with Crippen LogP contribution in [0.5, 0.6) is 0 Å². The van der Waals surface area contributed by atoms with Gasteiger partial charge in [-0.15, -0.1) is 0 Å². The minimum absolute atomic E-state index is 0.00303. The molecule has 1 N–H and O–H groups in total. The molecule has 0 saturated carbocycles. The molecule has 3 nitrogen and oxygen atoms in total. The van der Waals surface area contributed by atoms with Gasteiger partial charge in [0.15, 0.2) is 0 Å². The molecule has 0 radical (unpaired) electrons. The highest BCUT2D eigenvalue weighted by Crippen LogP contribution is 2.32. The number of carboxylic acid groups (broad SMARTS) is 1. The lowest BCUT2D eigenvalue weighted by Gasteiger charge is -2.12. The van der Waals surface area contributed by atoms with Gasteiger partial charge >= 0.3 is 12.1 Å². The summed E-state index contributed by atoms with van der Waals surface area (Å²) in [5.74, 6) is -1.28. The predicted octanol–water partition coefficient (Wildman–Crippen LogP) is 4.08. The van der Waals surface area contributed by atoms with E-state index in [1.165, 1.54) is 12.1 Å². The van der Waals surface area contributed by atoms with Crippen LogP contribution in [-0.2, 0) is 6.18 Å². The van der Waals surface area contributed by atoms with Crippen molar-refractivity contribution < 1.29 is 23.1 Å². The maximum Gasteiger partial charge on any atom is 0.416 e. The SMILES string of the molecule is CC(C)c1cc(C(=O)O)c2cc(C(F)(F)F)ccc2n1. The van der Waals surface area contributed by atoms with Gasteiger partial charge in [-0.1, -0.05) is 13.8 Å². The number of rotatable bonds is 2. The van der Waals surface area contributed by atoms with Gasteiger partial charge in [-0.3, -0.25) is 4.98 Å². The summed E-state index contributed by atoms with van der Waals surface area (Å²) in [5, 5.41) is 9.17. The van der Waals surface area contributed by atoms with E-state index in [-0.39, 0.29) is 22.4 Å². The smallest absolute Gasteiger partial charge is 0.416 e. The van der Waals surface area contributed by atoms with Crippen molar-refractivity contribution in [1.82, 2.24) is 4.98 Å². The van der Waals surface area contributed by atoms with Crippen LogP contribution in [-0.4, -0.2) is 16.1 Å². The van der Waals surface area contributed by atoms with Gasteiger partial charge in [-0.05, 0) is 30.2 Å². The van der Waals surface area contributed by atoms with Crippen molar-refractivity contribution in [2.45, 2.75) is 25.9 Å². The summed E-state index contributed by atoms with van der Waals surface area (Å²) < 4.78 is 38.1. The molecule has 0 bridgehead atoms. The van der Waals surface area contributed by atoms with Crippen molar-refractivity contribution >= 4 is 16.9 Å². The Balaban J connectivity index is 2.77. The molecule has 20 heavy (non-hydrogen) atoms. The van der Waals surface area contributed by atoms with Crippen molar-refractivity contribution in [3.05, 3.63) is 41.1 Å². The molecule has 106 valence electrons. The van der Waals surface area contributed by atoms with Gasteiger partial charge in [0, 0.05) is 11.1 Å². The van der Waals surface area contributed by atoms with E-state index in [0.717, 1.165) is 12.1 Å². The zero-order valence-corrected chi connectivity index (χ0v) is 10.8. The minimum atomic E-state index is -4.51. The molecule has 0 unspecified atom stereocenters. The second-order valence-electron chi connectivity index (χ2n) is 4.78. The molecule has 1 aromatic heterocycles. The van der Waals surface area contributed by atoms with E-state index < -0.39 is 17.7 Å². The lowest BCUT2D eigenvalue weighted by Crippen LogP contribution is -2.07. The molecule has 2 rings (SSSR count). The van der Waals surface area contributed by atoms with Crippen LogP contribution < -0.4 is 0 Å². The van der Waals surface area contributed by atoms with Crippen molar-refractivity contribution in [1.29, 1.82) is 0 Å². The van der Waals surface area contributed by atoms with Crippen LogP contribution in [0.2, 0.25) is 0 Å². The van der Waals surface area contributed by atoms with E-state index in [9.17, 15) is 23.1 Å². The average Bonchev–Trinajstić information content (AvgIpc) is 2.35. The van der Waals surface area contributed by atoms with Crippen molar-refractivity contribution in [3.8, 4) is 0 Å². The molecule has 0 saturated heterocycles. The maximum atomic E-state index is 12.7. The van der Waals surface area contributed by atoms with E-state index in [0.29, 0.717) is 5.69 Å². The molecular formula is C14H12F3NO2. The van der Waals surface area contributed by atoms with Gasteiger partial charge in [-0.2, -0.15) is 13.2 Å². The summed E-state index contributed by atoms with van der Waals surface area (Å²) in [6, 6.07) is 4.27. The molecule has 6 heteroatoms. The molecule has 2 aromatic rings. The normalized spacial score (nSPS) is 12.1. The number of hydrogen-bond acceptors (Lipinski definition) is 2. The molecule has 1 heterocycles. The summed E-state index contributed by atoms with van der Waals surface area (Å²) in [6.07, 6.45) is -4.51. The molecule has 0 aliphatic heterocycles. The summed E-state index contributed by atoms with van der Waals surface area (Å²) in [4.78, 5) is 15.5. The van der Waals surface area contributed by atoms with E-state index in [2.05, 4.69) is 4.98 Å². The van der Waals surface area contributed by atoms with Gasteiger partial charge in [0.25, 0.3) is 0 Å². The third-order valence-electron chi connectivity index (χ3n) is 2.98. The second kappa shape index (κ2) is 4.77. The lowest BCUT2D eigenvalue weighted by atomic mass is 10.0. The number of aromatic nitrogens is 1. The fraction of sp³-hybridized carbons (Fsp3) is 0.286. The van der Waals surface area contributed by atoms with Crippen LogP contribution in [0, 0.1) is 0 Å². The van der Waals surface area contributed by atoms with Gasteiger partial charge in [0.2, 0.25) is 0 Å². The molecule has 0 spiro atoms. The molecule has 0 aliphatic carbocycles. The van der Waals surface area contributed by atoms with Crippen molar-refractivity contribution in [3.63, 3.8) is 0 Å². The van der Waals surface area contributed by atoms with E-state index >= 15 is 0 Å². The van der Waals surface area contributed by atoms with Crippen LogP contribution in [0.4, 0.5) is 13.2 Å². The third kappa shape index (κ3) is 2.59. The monoisotopic (exact) mass is 283 g/mol. The van der Waals surface area contributed by atoms with Gasteiger partial charge in [0.05, 0.1) is 16.6 Å². The van der Waals surface area contributed by atoms with Gasteiger partial charge in [0.1, 0.15) is 0 Å². The number of alkyl halides is 3. The number of aromatic carboxylic acids is 1. The Morgan fingerprint density at radius 3 is 2.40 bits per heavy atom. The summed E-state index contributed by atoms with van der Waals surface area (Å²) in [7, 11) is 0. The Labute approximate surface area is 113 Å². The summed E-state index contributed by atoms with van der Waals surface area (Å²) in [5.41, 5.74) is -0.257. The number of pyridine rings is 1. The highest BCUT2D eigenvalue weighted by atomic mass is 19.4. The molecule has 0 fully saturated rings. The number of fused-ring (bicyclic) bond motifs is 1. The molecule has 0 aliphatic rings. The number of carboxylic acids is 1. The zero-order valence-electron chi connectivity index (χ0n) is 10.8. The quantitative estimate of drug-likeness (QED) is 0.903. The number of benzene rings is 1. The Hall–Kier alpha value is -2.11. The fourth-order valence-electron chi connectivity index (χ4n) is 1.90. The second-order valence-corrected chi connectivity index (χ2v) is 4.78. The molecule has 1 aromatic carbocycles. The highest BCUT2D eigenvalue weighted by Gasteiger charge is 2.31. The minimum Gasteiger partial charge on any atom is -0.478 e. The van der Waals surface area contributed by atoms with E-state index in [1.54, 1.807) is 0 Å². The van der Waals surface area contributed by atoms with Crippen LogP contribution >= 0.6 is 0 Å². The Bertz CT molecular complexity index is 678. The fourth-order valence-corrected chi connectivity index (χ4v) is 1.90. The van der Waals surface area contributed by atoms with E-state index in [4.69, 9.17) is 0 Å². The van der Waals surface area contributed by atoms with Crippen LogP contribution in [0.3, 0.4) is 0 Å². The standard InChI is InChI=1S/C14H12F3NO2/c1-7(2)12-6-10(13(19)20)9-5-8(14(15,16)17)3-4-11(9)18-12/h3-7H,1-2H3,(H,19,20). The van der Waals surface area contributed by atoms with Crippen LogP contribution in [0.25, 0.3) is 10.9 Å². The highest BCUT2D eigenvalue weighted by molar-refractivity contribution is 6.02. The largest absolute Gasteiger partial charge is 0.478 e. The summed E-state index contributed by atoms with van der Waals surface area (Å²) >= 11 is 0. The first-order valence-corrected chi connectivity index (χ1v) is 5.95. The zero-order chi connectivity index (χ0) is 15.1. The van der Waals surface area contributed by atoms with Crippen molar-refractivity contribution in [2.24, 2.45) is 0 Å². The van der Waals surface area contributed by atoms with Crippen molar-refractivity contribution in [2.75, 3.05) is 0 Å². The predicted molar refractivity (Wildman–Crippen MR) is 67.8 cm³/mol. The first-order chi connectivity index (χ1) is 9.20. The average molecular weight is 283 g/mol. The number of halogens is 3. The maximum absolute atomic E-state index is 12.7. The first-order valence-electron chi connectivity index (χ1n) is 5.95. The number of hydrogen-bond donors (Lipinski definition) is 1. The molecule has 0 amide bonds. The summed E-state index contributed by atoms with van der Waals surface area (Å²) in [6.45, 7) is 3.67. The topological polar surface area (TPSA) is 50.2 Å². The van der Waals surface area contributed by atoms with Crippen LogP contribution in [0.15, 0.2) is 24.3 Å². The third-order valence-corrected chi connectivity index (χ3v) is 2.98. The lowest BCUT2D eigenvalue weighted by molar-refractivity contribution is -0.137. The van der Waals surface area contributed by atoms with Crippen LogP contribution in [0.1, 0.15) is 41.4 Å². The number of nitrogens with zero attached hydrogens (tertiary/aromatic N) is 1. The van der Waals surface area contributed by atoms with E-state index in [1.807, 2.05) is 13.8 Å². The Morgan fingerprint density at radius 2 is 1.90 bits per heavy atom. The Morgan fingerprint density at radius 1 is 1.25 bits per heavy atom. The molecular weight excluding hydrogens is 271 g/mol.